The molecule has 2 fully saturated rings. The Balaban J connectivity index is 0.00000193. The van der Waals surface area contributed by atoms with Crippen molar-refractivity contribution in [3.05, 3.63) is 64.7 Å². The first-order valence-corrected chi connectivity index (χ1v) is 12.0. The first-order chi connectivity index (χ1) is 15.1. The number of benzene rings is 2. The number of likely N-dealkylation sites (tertiary alicyclic amines) is 1. The van der Waals surface area contributed by atoms with Crippen LogP contribution < -0.4 is 10.1 Å². The van der Waals surface area contributed by atoms with E-state index in [2.05, 4.69) is 16.3 Å². The van der Waals surface area contributed by atoms with Crippen molar-refractivity contribution in [3.8, 4) is 5.75 Å². The minimum absolute atomic E-state index is 0. The highest BCUT2D eigenvalue weighted by Crippen LogP contribution is 2.42. The van der Waals surface area contributed by atoms with Gasteiger partial charge >= 0.3 is 0 Å². The number of nitrogens with zero attached hydrogens (tertiary/aromatic N) is 1. The second kappa shape index (κ2) is 13.2. The maximum atomic E-state index is 11.7. The molecule has 1 heterocycles. The van der Waals surface area contributed by atoms with Gasteiger partial charge in [-0.3, -0.25) is 0 Å². The van der Waals surface area contributed by atoms with Crippen LogP contribution in [0, 0.1) is 0 Å². The van der Waals surface area contributed by atoms with Crippen LogP contribution in [-0.4, -0.2) is 48.3 Å². The van der Waals surface area contributed by atoms with Crippen LogP contribution in [0.15, 0.2) is 48.5 Å². The van der Waals surface area contributed by atoms with E-state index < -0.39 is 5.60 Å². The van der Waals surface area contributed by atoms with Gasteiger partial charge in [0.2, 0.25) is 0 Å². The highest BCUT2D eigenvalue weighted by atomic mass is 35.5. The van der Waals surface area contributed by atoms with E-state index in [-0.39, 0.29) is 30.7 Å². The fraction of sp³-hybridized carbons (Fsp3) is 0.538. The average molecular weight is 516 g/mol. The van der Waals surface area contributed by atoms with Crippen LogP contribution in [0.5, 0.6) is 5.75 Å². The number of likely N-dealkylation sites (N-methyl/N-ethyl adjacent to an activating group) is 1. The Hall–Kier alpha value is -1.01. The predicted molar refractivity (Wildman–Crippen MR) is 141 cm³/mol. The van der Waals surface area contributed by atoms with E-state index in [1.807, 2.05) is 49.5 Å². The fourth-order valence-corrected chi connectivity index (χ4v) is 5.42. The Labute approximate surface area is 215 Å². The van der Waals surface area contributed by atoms with E-state index in [9.17, 15) is 5.11 Å². The highest BCUT2D eigenvalue weighted by Gasteiger charge is 2.40. The van der Waals surface area contributed by atoms with Crippen molar-refractivity contribution in [1.29, 1.82) is 0 Å². The van der Waals surface area contributed by atoms with Crippen LogP contribution in [0.25, 0.3) is 0 Å². The van der Waals surface area contributed by atoms with Gasteiger partial charge in [0, 0.05) is 25.0 Å². The zero-order valence-electron chi connectivity index (χ0n) is 19.3. The topological polar surface area (TPSA) is 44.7 Å². The molecule has 1 aliphatic carbocycles. The van der Waals surface area contributed by atoms with Crippen LogP contribution in [0.4, 0.5) is 0 Å². The molecule has 4 nitrogen and oxygen atoms in total. The number of ether oxygens (including phenoxy) is 1. The SMILES string of the molecule is CN[C@@H]1CCN(CC(c2ccc(OCc3ccccc3)c(Cl)c2)C2(O)CCCCC2)C1.Cl.Cl. The summed E-state index contributed by atoms with van der Waals surface area (Å²) in [6.07, 6.45) is 6.30. The van der Waals surface area contributed by atoms with Crippen LogP contribution >= 0.6 is 36.4 Å². The van der Waals surface area contributed by atoms with Crippen LogP contribution in [0.3, 0.4) is 0 Å². The first kappa shape index (κ1) is 28.2. The monoisotopic (exact) mass is 514 g/mol. The lowest BCUT2D eigenvalue weighted by atomic mass is 9.72. The summed E-state index contributed by atoms with van der Waals surface area (Å²) in [5, 5.41) is 15.7. The minimum atomic E-state index is -0.661. The van der Waals surface area contributed by atoms with E-state index in [0.29, 0.717) is 23.4 Å². The van der Waals surface area contributed by atoms with Gasteiger partial charge in [-0.05, 0) is 56.1 Å². The molecule has 7 heteroatoms. The molecule has 1 saturated heterocycles. The van der Waals surface area contributed by atoms with Gasteiger partial charge in [-0.1, -0.05) is 67.3 Å². The Morgan fingerprint density at radius 1 is 1.12 bits per heavy atom. The lowest BCUT2D eigenvalue weighted by Gasteiger charge is -2.41. The molecule has 1 unspecified atom stereocenters. The van der Waals surface area contributed by atoms with Gasteiger partial charge in [-0.2, -0.15) is 0 Å². The number of hydrogen-bond donors (Lipinski definition) is 2. The van der Waals surface area contributed by atoms with Crippen molar-refractivity contribution in [2.45, 2.75) is 62.7 Å². The lowest BCUT2D eigenvalue weighted by molar-refractivity contribution is -0.0295. The number of aliphatic hydroxyl groups is 1. The summed E-state index contributed by atoms with van der Waals surface area (Å²) in [5.41, 5.74) is 1.57. The number of rotatable bonds is 8. The third kappa shape index (κ3) is 7.24. The Morgan fingerprint density at radius 2 is 1.85 bits per heavy atom. The van der Waals surface area contributed by atoms with Crippen molar-refractivity contribution >= 4 is 36.4 Å². The molecule has 0 spiro atoms. The largest absolute Gasteiger partial charge is 0.487 e. The van der Waals surface area contributed by atoms with E-state index in [1.165, 1.54) is 6.42 Å². The molecular formula is C26H37Cl3N2O2. The standard InChI is InChI=1S/C26H35ClN2O2.2ClH/c1-28-22-12-15-29(17-22)18-23(26(30)13-6-3-7-14-26)21-10-11-25(24(27)16-21)31-19-20-8-4-2-5-9-20;;/h2,4-5,8-11,16,22-23,28,30H,3,6-7,12-15,17-19H2,1H3;2*1H/t22-,23?;;/m1../s1. The number of halogens is 3. The van der Waals surface area contributed by atoms with Gasteiger partial charge in [0.25, 0.3) is 0 Å². The van der Waals surface area contributed by atoms with Gasteiger partial charge in [0.15, 0.2) is 0 Å². The normalized spacial score (nSPS) is 21.0. The smallest absolute Gasteiger partial charge is 0.138 e. The fourth-order valence-electron chi connectivity index (χ4n) is 5.18. The lowest BCUT2D eigenvalue weighted by Crippen LogP contribution is -2.44. The maximum Gasteiger partial charge on any atom is 0.138 e. The molecule has 2 aromatic carbocycles. The summed E-state index contributed by atoms with van der Waals surface area (Å²) in [7, 11) is 2.04. The average Bonchev–Trinajstić information content (AvgIpc) is 3.26. The van der Waals surface area contributed by atoms with Crippen molar-refractivity contribution in [2.24, 2.45) is 0 Å². The molecule has 184 valence electrons. The summed E-state index contributed by atoms with van der Waals surface area (Å²) < 4.78 is 5.98. The highest BCUT2D eigenvalue weighted by molar-refractivity contribution is 6.32. The second-order valence-corrected chi connectivity index (χ2v) is 9.62. The van der Waals surface area contributed by atoms with E-state index in [0.717, 1.165) is 62.9 Å². The molecule has 33 heavy (non-hydrogen) atoms. The van der Waals surface area contributed by atoms with Crippen molar-refractivity contribution in [2.75, 3.05) is 26.7 Å². The van der Waals surface area contributed by atoms with Gasteiger partial charge < -0.3 is 20.1 Å². The van der Waals surface area contributed by atoms with Gasteiger partial charge in [0.05, 0.1) is 10.6 Å². The summed E-state index contributed by atoms with van der Waals surface area (Å²) in [5.74, 6) is 0.754. The molecular weight excluding hydrogens is 479 g/mol. The molecule has 0 aromatic heterocycles. The van der Waals surface area contributed by atoms with Crippen molar-refractivity contribution in [1.82, 2.24) is 10.2 Å². The summed E-state index contributed by atoms with van der Waals surface area (Å²) in [6, 6.07) is 16.8. The Bertz CT molecular complexity index is 847. The van der Waals surface area contributed by atoms with Crippen LogP contribution in [0.1, 0.15) is 55.6 Å². The molecule has 2 aliphatic rings. The Morgan fingerprint density at radius 3 is 2.48 bits per heavy atom. The third-order valence-corrected chi connectivity index (χ3v) is 7.38. The molecule has 2 N–H and O–H groups in total. The predicted octanol–water partition coefficient (Wildman–Crippen LogP) is 5.84. The van der Waals surface area contributed by atoms with E-state index in [4.69, 9.17) is 16.3 Å². The quantitative estimate of drug-likeness (QED) is 0.464. The summed E-state index contributed by atoms with van der Waals surface area (Å²) >= 11 is 6.66. The van der Waals surface area contributed by atoms with Crippen LogP contribution in [-0.2, 0) is 6.61 Å². The number of hydrogen-bond acceptors (Lipinski definition) is 4. The van der Waals surface area contributed by atoms with Crippen molar-refractivity contribution < 1.29 is 9.84 Å². The van der Waals surface area contributed by atoms with E-state index in [1.54, 1.807) is 0 Å². The summed E-state index contributed by atoms with van der Waals surface area (Å²) in [4.78, 5) is 2.49. The zero-order chi connectivity index (χ0) is 21.7. The number of nitrogens with one attached hydrogen (secondary N) is 1. The Kier molecular flexibility index (Phi) is 11.3. The molecule has 1 saturated carbocycles. The van der Waals surface area contributed by atoms with Gasteiger partial charge in [-0.15, -0.1) is 24.8 Å². The second-order valence-electron chi connectivity index (χ2n) is 9.21. The molecule has 0 radical (unpaired) electrons. The molecule has 0 bridgehead atoms. The zero-order valence-corrected chi connectivity index (χ0v) is 21.7. The van der Waals surface area contributed by atoms with Crippen LogP contribution in [0.2, 0.25) is 5.02 Å². The molecule has 0 amide bonds. The molecule has 4 rings (SSSR count). The van der Waals surface area contributed by atoms with Gasteiger partial charge in [-0.25, -0.2) is 0 Å². The summed E-state index contributed by atoms with van der Waals surface area (Å²) in [6.45, 7) is 3.47. The third-order valence-electron chi connectivity index (χ3n) is 7.08. The first-order valence-electron chi connectivity index (χ1n) is 11.7. The minimum Gasteiger partial charge on any atom is -0.487 e. The molecule has 2 aromatic rings. The van der Waals surface area contributed by atoms with E-state index >= 15 is 0 Å². The molecule has 1 aliphatic heterocycles. The van der Waals surface area contributed by atoms with Crippen molar-refractivity contribution in [3.63, 3.8) is 0 Å². The molecule has 2 atom stereocenters. The van der Waals surface area contributed by atoms with Gasteiger partial charge in [0.1, 0.15) is 12.4 Å². The maximum absolute atomic E-state index is 11.7.